The second-order valence-electron chi connectivity index (χ2n) is 8.43. The summed E-state index contributed by atoms with van der Waals surface area (Å²) in [4.78, 5) is 31.6. The van der Waals surface area contributed by atoms with Crippen molar-refractivity contribution in [3.8, 4) is 5.75 Å². The van der Waals surface area contributed by atoms with Crippen LogP contribution in [0.2, 0.25) is 0 Å². The van der Waals surface area contributed by atoms with Crippen LogP contribution in [0.1, 0.15) is 23.5 Å². The molecule has 2 aromatic heterocycles. The van der Waals surface area contributed by atoms with Gasteiger partial charge in [0.1, 0.15) is 16.9 Å². The molecular weight excluding hydrogens is 452 g/mol. The summed E-state index contributed by atoms with van der Waals surface area (Å²) < 4.78 is 14.1. The zero-order chi connectivity index (χ0) is 24.1. The third kappa shape index (κ3) is 5.12. The number of morpholine rings is 1. The number of para-hydroxylation sites is 1. The topological polar surface area (TPSA) is 76.0 Å². The number of aromatic nitrogens is 1. The van der Waals surface area contributed by atoms with Crippen molar-refractivity contribution in [2.45, 2.75) is 13.8 Å². The van der Waals surface area contributed by atoms with Gasteiger partial charge in [-0.25, -0.2) is 0 Å². The molecule has 1 aliphatic heterocycles. The van der Waals surface area contributed by atoms with E-state index < -0.39 is 0 Å². The number of carbonyl (C=O) groups excluding carboxylic acids is 1. The second-order valence-corrected chi connectivity index (χ2v) is 9.45. The quantitative estimate of drug-likeness (QED) is 0.475. The minimum Gasteiger partial charge on any atom is -0.490 e. The maximum Gasteiger partial charge on any atom is 0.265 e. The first-order valence-corrected chi connectivity index (χ1v) is 12.8. The normalized spacial score (nSPS) is 14.8. The minimum absolute atomic E-state index is 0.145. The number of nitrogens with one attached hydrogen (secondary N) is 1. The smallest absolute Gasteiger partial charge is 0.265 e. The summed E-state index contributed by atoms with van der Waals surface area (Å²) in [6.45, 7) is 11.7. The molecule has 0 unspecified atom stereocenters. The van der Waals surface area contributed by atoms with Crippen LogP contribution in [-0.2, 0) is 11.8 Å². The van der Waals surface area contributed by atoms with Crippen molar-refractivity contribution in [1.29, 1.82) is 0 Å². The van der Waals surface area contributed by atoms with Gasteiger partial charge in [-0.1, -0.05) is 32.0 Å². The number of thiophene rings is 1. The summed E-state index contributed by atoms with van der Waals surface area (Å²) in [5.74, 6) is 0.209. The number of pyridine rings is 1. The molecule has 184 valence electrons. The number of aryl methyl sites for hydroxylation is 1. The molecule has 0 spiro atoms. The van der Waals surface area contributed by atoms with E-state index in [4.69, 9.17) is 9.47 Å². The molecule has 1 saturated heterocycles. The Morgan fingerprint density at radius 2 is 1.94 bits per heavy atom. The van der Waals surface area contributed by atoms with Crippen molar-refractivity contribution in [2.75, 3.05) is 65.6 Å². The number of fused-ring (bicyclic) bond motifs is 3. The molecule has 0 saturated carbocycles. The minimum atomic E-state index is -0.194. The molecular formula is C25H34N4O4S. The summed E-state index contributed by atoms with van der Waals surface area (Å²) in [6, 6.07) is 7.79. The van der Waals surface area contributed by atoms with E-state index in [-0.39, 0.29) is 11.5 Å². The first kappa shape index (κ1) is 24.7. The molecule has 34 heavy (non-hydrogen) atoms. The molecule has 1 amide bonds. The van der Waals surface area contributed by atoms with Crippen LogP contribution in [0.3, 0.4) is 0 Å². The fourth-order valence-corrected chi connectivity index (χ4v) is 5.56. The lowest BCUT2D eigenvalue weighted by molar-refractivity contribution is 0.0323. The van der Waals surface area contributed by atoms with Crippen molar-refractivity contribution < 1.29 is 14.3 Å². The molecule has 8 nitrogen and oxygen atoms in total. The lowest BCUT2D eigenvalue weighted by Crippen LogP contribution is -2.38. The van der Waals surface area contributed by atoms with E-state index in [9.17, 15) is 9.59 Å². The monoisotopic (exact) mass is 486 g/mol. The van der Waals surface area contributed by atoms with Crippen molar-refractivity contribution in [3.05, 3.63) is 39.5 Å². The number of rotatable bonds is 10. The van der Waals surface area contributed by atoms with Gasteiger partial charge in [0.25, 0.3) is 11.5 Å². The summed E-state index contributed by atoms with van der Waals surface area (Å²) >= 11 is 1.34. The molecule has 0 radical (unpaired) electrons. The van der Waals surface area contributed by atoms with Gasteiger partial charge in [0.2, 0.25) is 0 Å². The molecule has 1 fully saturated rings. The lowest BCUT2D eigenvalue weighted by Gasteiger charge is -2.26. The highest BCUT2D eigenvalue weighted by Crippen LogP contribution is 2.39. The Morgan fingerprint density at radius 3 is 2.68 bits per heavy atom. The highest BCUT2D eigenvalue weighted by molar-refractivity contribution is 7.22. The Bertz CT molecular complexity index is 1200. The summed E-state index contributed by atoms with van der Waals surface area (Å²) in [5.41, 5.74) is 0.697. The molecule has 0 atom stereocenters. The SMILES string of the molecule is CCN(CC)CCNC(=O)c1sc2c(c1OCCN1CCOCC1)c(=O)n(C)c1ccccc21. The number of hydrogen-bond acceptors (Lipinski definition) is 7. The molecule has 1 aliphatic rings. The molecule has 0 aliphatic carbocycles. The molecule has 1 N–H and O–H groups in total. The van der Waals surface area contributed by atoms with Gasteiger partial charge in [0.15, 0.2) is 5.75 Å². The van der Waals surface area contributed by atoms with Crippen LogP contribution < -0.4 is 15.6 Å². The number of likely N-dealkylation sites (N-methyl/N-ethyl adjacent to an activating group) is 1. The van der Waals surface area contributed by atoms with Crippen LogP contribution in [-0.4, -0.2) is 85.9 Å². The van der Waals surface area contributed by atoms with E-state index in [1.807, 2.05) is 24.3 Å². The number of hydrogen-bond donors (Lipinski definition) is 1. The van der Waals surface area contributed by atoms with Crippen LogP contribution in [0.15, 0.2) is 29.1 Å². The predicted octanol–water partition coefficient (Wildman–Crippen LogP) is 2.54. The second kappa shape index (κ2) is 11.3. The van der Waals surface area contributed by atoms with Gasteiger partial charge in [-0.15, -0.1) is 11.3 Å². The van der Waals surface area contributed by atoms with Crippen molar-refractivity contribution >= 4 is 38.2 Å². The number of carbonyl (C=O) groups is 1. The zero-order valence-corrected chi connectivity index (χ0v) is 21.1. The summed E-state index contributed by atoms with van der Waals surface area (Å²) in [5, 5.41) is 4.47. The maximum atomic E-state index is 13.4. The van der Waals surface area contributed by atoms with Crippen LogP contribution in [0.4, 0.5) is 0 Å². The molecule has 1 aromatic carbocycles. The van der Waals surface area contributed by atoms with Crippen LogP contribution in [0.25, 0.3) is 21.0 Å². The maximum absolute atomic E-state index is 13.4. The molecule has 4 rings (SSSR count). The first-order valence-electron chi connectivity index (χ1n) is 12.0. The fourth-order valence-electron chi connectivity index (χ4n) is 4.37. The molecule has 3 aromatic rings. The van der Waals surface area contributed by atoms with Crippen LogP contribution >= 0.6 is 11.3 Å². The Balaban J connectivity index is 1.67. The number of nitrogens with zero attached hydrogens (tertiary/aromatic N) is 3. The van der Waals surface area contributed by atoms with Gasteiger partial charge < -0.3 is 24.3 Å². The van der Waals surface area contributed by atoms with E-state index in [1.165, 1.54) is 11.3 Å². The third-order valence-electron chi connectivity index (χ3n) is 6.46. The lowest BCUT2D eigenvalue weighted by atomic mass is 10.1. The first-order chi connectivity index (χ1) is 16.5. The van der Waals surface area contributed by atoms with Gasteiger partial charge in [-0.3, -0.25) is 14.5 Å². The number of amides is 1. The van der Waals surface area contributed by atoms with Crippen LogP contribution in [0, 0.1) is 0 Å². The number of benzene rings is 1. The Morgan fingerprint density at radius 1 is 1.21 bits per heavy atom. The van der Waals surface area contributed by atoms with Crippen molar-refractivity contribution in [1.82, 2.24) is 19.7 Å². The number of ether oxygens (including phenoxy) is 2. The Kier molecular flexibility index (Phi) is 8.20. The highest BCUT2D eigenvalue weighted by Gasteiger charge is 2.25. The standard InChI is InChI=1S/C25H34N4O4S/c1-4-28(5-2)11-10-26-24(30)23-21(33-17-14-29-12-15-32-16-13-29)20-22(34-23)18-8-6-7-9-19(18)27(3)25(20)31/h6-9H,4-5,10-17H2,1-3H3,(H,26,30). The van der Waals surface area contributed by atoms with Crippen molar-refractivity contribution in [2.24, 2.45) is 7.05 Å². The van der Waals surface area contributed by atoms with Crippen molar-refractivity contribution in [3.63, 3.8) is 0 Å². The zero-order valence-electron chi connectivity index (χ0n) is 20.3. The van der Waals surface area contributed by atoms with Crippen LogP contribution in [0.5, 0.6) is 5.75 Å². The fraction of sp³-hybridized carbons (Fsp3) is 0.520. The van der Waals surface area contributed by atoms with Gasteiger partial charge in [-0.2, -0.15) is 0 Å². The van der Waals surface area contributed by atoms with E-state index in [0.29, 0.717) is 42.4 Å². The highest BCUT2D eigenvalue weighted by atomic mass is 32.1. The third-order valence-corrected chi connectivity index (χ3v) is 7.67. The molecule has 3 heterocycles. The van der Waals surface area contributed by atoms with Gasteiger partial charge in [0.05, 0.1) is 23.4 Å². The Labute approximate surface area is 204 Å². The Hall–Kier alpha value is -2.46. The van der Waals surface area contributed by atoms with E-state index >= 15 is 0 Å². The average Bonchev–Trinajstić information content (AvgIpc) is 3.25. The summed E-state index contributed by atoms with van der Waals surface area (Å²) in [6.07, 6.45) is 0. The predicted molar refractivity (Wildman–Crippen MR) is 137 cm³/mol. The van der Waals surface area contributed by atoms with Gasteiger partial charge in [-0.05, 0) is 19.2 Å². The van der Waals surface area contributed by atoms with Gasteiger partial charge >= 0.3 is 0 Å². The van der Waals surface area contributed by atoms with E-state index in [2.05, 4.69) is 29.0 Å². The molecule has 9 heteroatoms. The van der Waals surface area contributed by atoms with Gasteiger partial charge in [0, 0.05) is 45.2 Å². The largest absolute Gasteiger partial charge is 0.490 e. The van der Waals surface area contributed by atoms with E-state index in [0.717, 1.165) is 54.9 Å². The summed E-state index contributed by atoms with van der Waals surface area (Å²) in [7, 11) is 1.77. The molecule has 0 bridgehead atoms. The van der Waals surface area contributed by atoms with E-state index in [1.54, 1.807) is 11.6 Å². The average molecular weight is 487 g/mol.